The second kappa shape index (κ2) is 10.1. The molecule has 30 heavy (non-hydrogen) atoms. The van der Waals surface area contributed by atoms with E-state index in [0.717, 1.165) is 43.0 Å². The van der Waals surface area contributed by atoms with Crippen molar-refractivity contribution in [2.45, 2.75) is 33.4 Å². The summed E-state index contributed by atoms with van der Waals surface area (Å²) in [6, 6.07) is 15.1. The lowest BCUT2D eigenvalue weighted by atomic mass is 10.3. The summed E-state index contributed by atoms with van der Waals surface area (Å²) >= 11 is 0. The van der Waals surface area contributed by atoms with E-state index in [1.165, 1.54) is 0 Å². The summed E-state index contributed by atoms with van der Waals surface area (Å²) in [5.41, 5.74) is 1.86. The largest absolute Gasteiger partial charge is 0.497 e. The van der Waals surface area contributed by atoms with Crippen molar-refractivity contribution in [1.29, 1.82) is 0 Å². The molecule has 160 valence electrons. The van der Waals surface area contributed by atoms with Crippen molar-refractivity contribution >= 4 is 22.9 Å². The topological polar surface area (TPSA) is 68.6 Å². The Kier molecular flexibility index (Phi) is 7.30. The van der Waals surface area contributed by atoms with Crippen molar-refractivity contribution in [3.8, 4) is 11.5 Å². The number of imidazole rings is 1. The zero-order valence-corrected chi connectivity index (χ0v) is 18.1. The number of para-hydroxylation sites is 2. The molecule has 3 rings (SSSR count). The minimum Gasteiger partial charge on any atom is -0.497 e. The molecule has 0 aliphatic carbocycles. The van der Waals surface area contributed by atoms with Gasteiger partial charge in [-0.3, -0.25) is 10.1 Å². The Morgan fingerprint density at radius 2 is 1.77 bits per heavy atom. The molecular weight excluding hydrogens is 380 g/mol. The summed E-state index contributed by atoms with van der Waals surface area (Å²) in [7, 11) is 1.61. The van der Waals surface area contributed by atoms with E-state index >= 15 is 0 Å². The summed E-state index contributed by atoms with van der Waals surface area (Å²) in [5, 5.41) is 2.95. The molecule has 1 amide bonds. The average molecular weight is 411 g/mol. The van der Waals surface area contributed by atoms with Crippen LogP contribution in [0.15, 0.2) is 48.5 Å². The van der Waals surface area contributed by atoms with Gasteiger partial charge in [-0.15, -0.1) is 0 Å². The number of likely N-dealkylation sites (N-methyl/N-ethyl adjacent to an activating group) is 1. The molecule has 0 aliphatic heterocycles. The van der Waals surface area contributed by atoms with Gasteiger partial charge in [-0.2, -0.15) is 0 Å². The van der Waals surface area contributed by atoms with E-state index in [4.69, 9.17) is 9.47 Å². The van der Waals surface area contributed by atoms with Gasteiger partial charge < -0.3 is 18.9 Å². The van der Waals surface area contributed by atoms with E-state index in [-0.39, 0.29) is 5.91 Å². The number of ether oxygens (including phenoxy) is 2. The number of amides is 1. The number of rotatable bonds is 10. The van der Waals surface area contributed by atoms with Gasteiger partial charge in [0.2, 0.25) is 5.95 Å². The van der Waals surface area contributed by atoms with Crippen LogP contribution in [-0.4, -0.2) is 53.2 Å². The summed E-state index contributed by atoms with van der Waals surface area (Å²) in [5.74, 6) is 1.64. The van der Waals surface area contributed by atoms with Crippen LogP contribution >= 0.6 is 0 Å². The highest BCUT2D eigenvalue weighted by atomic mass is 16.5. The van der Waals surface area contributed by atoms with Crippen LogP contribution in [0.5, 0.6) is 11.5 Å². The second-order valence-corrected chi connectivity index (χ2v) is 7.03. The number of anilines is 1. The molecule has 2 aromatic carbocycles. The third-order valence-electron chi connectivity index (χ3n) is 5.17. The summed E-state index contributed by atoms with van der Waals surface area (Å²) < 4.78 is 13.0. The molecule has 7 heteroatoms. The molecule has 0 saturated heterocycles. The van der Waals surface area contributed by atoms with E-state index in [2.05, 4.69) is 33.6 Å². The van der Waals surface area contributed by atoms with Crippen molar-refractivity contribution < 1.29 is 14.3 Å². The first-order valence-corrected chi connectivity index (χ1v) is 10.3. The second-order valence-electron chi connectivity index (χ2n) is 7.03. The Balaban J connectivity index is 1.74. The quantitative estimate of drug-likeness (QED) is 0.551. The lowest BCUT2D eigenvalue weighted by molar-refractivity contribution is -0.122. The van der Waals surface area contributed by atoms with Crippen LogP contribution in [0.4, 0.5) is 5.95 Å². The number of nitrogens with one attached hydrogen (secondary N) is 1. The molecule has 1 heterocycles. The predicted octanol–water partition coefficient (Wildman–Crippen LogP) is 3.79. The molecule has 3 aromatic rings. The van der Waals surface area contributed by atoms with Gasteiger partial charge in [-0.1, -0.05) is 26.0 Å². The standard InChI is InChI=1S/C23H30N4O3/c1-5-26(6-2)15-16-27-21-10-8-7-9-20(21)24-23(27)25-22(28)17(3)30-19-13-11-18(29-4)12-14-19/h7-14,17H,5-6,15-16H2,1-4H3,(H,24,25,28). The molecule has 0 fully saturated rings. The number of hydrogen-bond acceptors (Lipinski definition) is 5. The van der Waals surface area contributed by atoms with Crippen LogP contribution in [0.25, 0.3) is 11.0 Å². The third-order valence-corrected chi connectivity index (χ3v) is 5.17. The Bertz CT molecular complexity index is 964. The molecule has 0 bridgehead atoms. The van der Waals surface area contributed by atoms with E-state index in [1.807, 2.05) is 24.3 Å². The van der Waals surface area contributed by atoms with E-state index in [9.17, 15) is 4.79 Å². The highest BCUT2D eigenvalue weighted by Crippen LogP contribution is 2.21. The molecule has 1 unspecified atom stereocenters. The molecule has 1 aromatic heterocycles. The SMILES string of the molecule is CCN(CC)CCn1c(NC(=O)C(C)Oc2ccc(OC)cc2)nc2ccccc21. The summed E-state index contributed by atoms with van der Waals surface area (Å²) in [4.78, 5) is 19.8. The lowest BCUT2D eigenvalue weighted by Crippen LogP contribution is -2.32. The summed E-state index contributed by atoms with van der Waals surface area (Å²) in [6.45, 7) is 9.62. The predicted molar refractivity (Wildman–Crippen MR) is 119 cm³/mol. The van der Waals surface area contributed by atoms with Gasteiger partial charge in [0.25, 0.3) is 5.91 Å². The molecule has 0 saturated carbocycles. The zero-order chi connectivity index (χ0) is 21.5. The van der Waals surface area contributed by atoms with Gasteiger partial charge in [-0.25, -0.2) is 4.98 Å². The van der Waals surface area contributed by atoms with Crippen molar-refractivity contribution in [3.05, 3.63) is 48.5 Å². The maximum atomic E-state index is 12.8. The van der Waals surface area contributed by atoms with Crippen LogP contribution in [0.2, 0.25) is 0 Å². The maximum absolute atomic E-state index is 12.8. The third kappa shape index (κ3) is 5.10. The Morgan fingerprint density at radius 3 is 2.43 bits per heavy atom. The van der Waals surface area contributed by atoms with Crippen LogP contribution in [0, 0.1) is 0 Å². The highest BCUT2D eigenvalue weighted by molar-refractivity contribution is 5.94. The number of carbonyl (C=O) groups excluding carboxylic acids is 1. The van der Waals surface area contributed by atoms with Crippen molar-refractivity contribution in [3.63, 3.8) is 0 Å². The number of hydrogen-bond donors (Lipinski definition) is 1. The van der Waals surface area contributed by atoms with Crippen molar-refractivity contribution in [1.82, 2.24) is 14.5 Å². The molecule has 0 spiro atoms. The summed E-state index contributed by atoms with van der Waals surface area (Å²) in [6.07, 6.45) is -0.672. The fourth-order valence-electron chi connectivity index (χ4n) is 3.30. The molecule has 7 nitrogen and oxygen atoms in total. The van der Waals surface area contributed by atoms with Crippen molar-refractivity contribution in [2.75, 3.05) is 32.1 Å². The fraction of sp³-hybridized carbons (Fsp3) is 0.391. The van der Waals surface area contributed by atoms with Gasteiger partial charge in [0.15, 0.2) is 6.10 Å². The number of nitrogens with zero attached hydrogens (tertiary/aromatic N) is 3. The van der Waals surface area contributed by atoms with Crippen LogP contribution in [0.3, 0.4) is 0 Å². The van der Waals surface area contributed by atoms with Gasteiger partial charge in [-0.05, 0) is 56.4 Å². The van der Waals surface area contributed by atoms with Gasteiger partial charge >= 0.3 is 0 Å². The number of fused-ring (bicyclic) bond motifs is 1. The molecule has 1 atom stereocenters. The van der Waals surface area contributed by atoms with Crippen LogP contribution < -0.4 is 14.8 Å². The van der Waals surface area contributed by atoms with Gasteiger partial charge in [0, 0.05) is 13.1 Å². The van der Waals surface area contributed by atoms with E-state index in [1.54, 1.807) is 38.3 Å². The number of benzene rings is 2. The zero-order valence-electron chi connectivity index (χ0n) is 18.1. The van der Waals surface area contributed by atoms with Gasteiger partial charge in [0.1, 0.15) is 11.5 Å². The number of methoxy groups -OCH3 is 1. The Hall–Kier alpha value is -3.06. The first-order valence-electron chi connectivity index (χ1n) is 10.3. The highest BCUT2D eigenvalue weighted by Gasteiger charge is 2.19. The minimum atomic E-state index is -0.672. The fourth-order valence-corrected chi connectivity index (χ4v) is 3.30. The van der Waals surface area contributed by atoms with E-state index in [0.29, 0.717) is 11.7 Å². The first-order chi connectivity index (χ1) is 14.5. The minimum absolute atomic E-state index is 0.245. The smallest absolute Gasteiger partial charge is 0.267 e. The van der Waals surface area contributed by atoms with Crippen LogP contribution in [0.1, 0.15) is 20.8 Å². The average Bonchev–Trinajstić information content (AvgIpc) is 3.12. The maximum Gasteiger partial charge on any atom is 0.267 e. The number of carbonyl (C=O) groups is 1. The first kappa shape index (κ1) is 21.6. The molecular formula is C23H30N4O3. The lowest BCUT2D eigenvalue weighted by Gasteiger charge is -2.20. The normalized spacial score (nSPS) is 12.2. The van der Waals surface area contributed by atoms with Gasteiger partial charge in [0.05, 0.1) is 18.1 Å². The number of aromatic nitrogens is 2. The Labute approximate surface area is 177 Å². The molecule has 1 N–H and O–H groups in total. The monoisotopic (exact) mass is 410 g/mol. The van der Waals surface area contributed by atoms with Crippen molar-refractivity contribution in [2.24, 2.45) is 0 Å². The van der Waals surface area contributed by atoms with Crippen LogP contribution in [-0.2, 0) is 11.3 Å². The Morgan fingerprint density at radius 1 is 1.10 bits per heavy atom. The van der Waals surface area contributed by atoms with E-state index < -0.39 is 6.10 Å². The molecule has 0 radical (unpaired) electrons. The molecule has 0 aliphatic rings.